The predicted molar refractivity (Wildman–Crippen MR) is 51.3 cm³/mol. The molecule has 6 nitrogen and oxygen atoms in total. The fraction of sp³-hybridized carbons (Fsp3) is 0.750. The van der Waals surface area contributed by atoms with E-state index in [0.717, 1.165) is 0 Å². The van der Waals surface area contributed by atoms with Crippen LogP contribution < -0.4 is 11.5 Å². The van der Waals surface area contributed by atoms with Crippen molar-refractivity contribution >= 4 is 11.9 Å². The minimum atomic E-state index is -0.394. The van der Waals surface area contributed by atoms with E-state index in [0.29, 0.717) is 25.6 Å². The summed E-state index contributed by atoms with van der Waals surface area (Å²) in [5.74, 6) is 0.255. The highest BCUT2D eigenvalue weighted by atomic mass is 16.2. The second-order valence-corrected chi connectivity index (χ2v) is 3.59. The van der Waals surface area contributed by atoms with Gasteiger partial charge in [-0.15, -0.1) is 0 Å². The Kier molecular flexibility index (Phi) is 3.29. The molecule has 0 aromatic heterocycles. The quantitative estimate of drug-likeness (QED) is 0.575. The first-order chi connectivity index (χ1) is 6.54. The van der Waals surface area contributed by atoms with E-state index in [1.807, 2.05) is 0 Å². The molecule has 1 saturated heterocycles. The lowest BCUT2D eigenvalue weighted by Gasteiger charge is -2.39. The second-order valence-electron chi connectivity index (χ2n) is 3.59. The molecule has 3 amide bonds. The highest BCUT2D eigenvalue weighted by molar-refractivity contribution is 5.77. The average molecular weight is 200 g/mol. The van der Waals surface area contributed by atoms with Gasteiger partial charge in [0, 0.05) is 32.6 Å². The molecule has 6 heteroatoms. The van der Waals surface area contributed by atoms with Crippen LogP contribution in [0.1, 0.15) is 0 Å². The Morgan fingerprint density at radius 3 is 2.50 bits per heavy atom. The van der Waals surface area contributed by atoms with Gasteiger partial charge in [-0.2, -0.15) is 0 Å². The monoisotopic (exact) mass is 200 g/mol. The topological polar surface area (TPSA) is 92.7 Å². The maximum Gasteiger partial charge on any atom is 0.314 e. The number of likely N-dealkylation sites (tertiary alicyclic amines) is 1. The Bertz CT molecular complexity index is 237. The summed E-state index contributed by atoms with van der Waals surface area (Å²) in [7, 11) is 1.71. The Hall–Kier alpha value is -1.30. The molecule has 0 aromatic carbocycles. The summed E-state index contributed by atoms with van der Waals surface area (Å²) in [4.78, 5) is 24.9. The smallest absolute Gasteiger partial charge is 0.314 e. The molecule has 1 aliphatic heterocycles. The number of nitrogens with two attached hydrogens (primary N) is 2. The summed E-state index contributed by atoms with van der Waals surface area (Å²) < 4.78 is 0. The highest BCUT2D eigenvalue weighted by Gasteiger charge is 2.30. The van der Waals surface area contributed by atoms with Gasteiger partial charge in [0.15, 0.2) is 0 Å². The SMILES string of the molecule is CN(CC1CN(C(N)=O)C1)C(=O)CN. The van der Waals surface area contributed by atoms with E-state index < -0.39 is 6.03 Å². The largest absolute Gasteiger partial charge is 0.351 e. The van der Waals surface area contributed by atoms with Crippen molar-refractivity contribution in [3.8, 4) is 0 Å². The number of primary amides is 1. The normalized spacial score (nSPS) is 16.3. The van der Waals surface area contributed by atoms with Gasteiger partial charge in [-0.05, 0) is 0 Å². The molecular formula is C8H16N4O2. The summed E-state index contributed by atoms with van der Waals surface area (Å²) in [6, 6.07) is -0.394. The summed E-state index contributed by atoms with van der Waals surface area (Å²) in [6.45, 7) is 1.94. The second kappa shape index (κ2) is 4.28. The average Bonchev–Trinajstić information content (AvgIpc) is 2.07. The Morgan fingerprint density at radius 1 is 1.50 bits per heavy atom. The Morgan fingerprint density at radius 2 is 2.07 bits per heavy atom. The molecule has 1 aliphatic rings. The zero-order valence-electron chi connectivity index (χ0n) is 8.27. The van der Waals surface area contributed by atoms with E-state index in [1.54, 1.807) is 16.8 Å². The number of carbonyl (C=O) groups excluding carboxylic acids is 2. The van der Waals surface area contributed by atoms with Crippen molar-refractivity contribution in [2.45, 2.75) is 0 Å². The summed E-state index contributed by atoms with van der Waals surface area (Å²) in [5.41, 5.74) is 10.3. The Labute approximate surface area is 82.8 Å². The maximum absolute atomic E-state index is 11.1. The van der Waals surface area contributed by atoms with Crippen LogP contribution in [-0.2, 0) is 4.79 Å². The molecule has 0 unspecified atom stereocenters. The fourth-order valence-corrected chi connectivity index (χ4v) is 1.51. The molecule has 0 spiro atoms. The van der Waals surface area contributed by atoms with Crippen molar-refractivity contribution in [3.05, 3.63) is 0 Å². The van der Waals surface area contributed by atoms with Crippen molar-refractivity contribution in [2.24, 2.45) is 17.4 Å². The number of rotatable bonds is 3. The first-order valence-corrected chi connectivity index (χ1v) is 4.53. The van der Waals surface area contributed by atoms with Gasteiger partial charge in [-0.3, -0.25) is 4.79 Å². The molecule has 80 valence electrons. The van der Waals surface area contributed by atoms with Crippen LogP contribution in [0.25, 0.3) is 0 Å². The molecule has 4 N–H and O–H groups in total. The van der Waals surface area contributed by atoms with Crippen molar-refractivity contribution in [2.75, 3.05) is 33.2 Å². The molecule has 0 atom stereocenters. The van der Waals surface area contributed by atoms with Crippen LogP contribution in [0.2, 0.25) is 0 Å². The molecule has 1 heterocycles. The lowest BCUT2D eigenvalue weighted by Crippen LogP contribution is -2.55. The van der Waals surface area contributed by atoms with Gasteiger partial charge in [0.2, 0.25) is 5.91 Å². The minimum Gasteiger partial charge on any atom is -0.351 e. The number of hydrogen-bond donors (Lipinski definition) is 2. The molecule has 1 rings (SSSR count). The van der Waals surface area contributed by atoms with Crippen LogP contribution in [0, 0.1) is 5.92 Å². The number of urea groups is 1. The predicted octanol–water partition coefficient (Wildman–Crippen LogP) is -1.59. The molecule has 0 aromatic rings. The van der Waals surface area contributed by atoms with Gasteiger partial charge in [0.25, 0.3) is 0 Å². The number of likely N-dealkylation sites (N-methyl/N-ethyl adjacent to an activating group) is 1. The third-order valence-electron chi connectivity index (χ3n) is 2.40. The van der Waals surface area contributed by atoms with E-state index in [2.05, 4.69) is 0 Å². The maximum atomic E-state index is 11.1. The number of hydrogen-bond acceptors (Lipinski definition) is 3. The molecule has 0 saturated carbocycles. The van der Waals surface area contributed by atoms with E-state index in [9.17, 15) is 9.59 Å². The van der Waals surface area contributed by atoms with Gasteiger partial charge < -0.3 is 21.3 Å². The van der Waals surface area contributed by atoms with Crippen LogP contribution in [0.5, 0.6) is 0 Å². The van der Waals surface area contributed by atoms with Gasteiger partial charge in [-0.1, -0.05) is 0 Å². The van der Waals surface area contributed by atoms with Crippen LogP contribution >= 0.6 is 0 Å². The highest BCUT2D eigenvalue weighted by Crippen LogP contribution is 2.15. The number of nitrogens with zero attached hydrogens (tertiary/aromatic N) is 2. The van der Waals surface area contributed by atoms with Crippen molar-refractivity contribution in [1.29, 1.82) is 0 Å². The molecule has 14 heavy (non-hydrogen) atoms. The zero-order chi connectivity index (χ0) is 10.7. The fourth-order valence-electron chi connectivity index (χ4n) is 1.51. The van der Waals surface area contributed by atoms with Crippen LogP contribution in [0.3, 0.4) is 0 Å². The van der Waals surface area contributed by atoms with Crippen LogP contribution in [0.15, 0.2) is 0 Å². The summed E-state index contributed by atoms with van der Waals surface area (Å²) in [6.07, 6.45) is 0. The number of amides is 3. The third-order valence-corrected chi connectivity index (χ3v) is 2.40. The van der Waals surface area contributed by atoms with Gasteiger partial charge in [0.05, 0.1) is 6.54 Å². The lowest BCUT2D eigenvalue weighted by atomic mass is 10.0. The van der Waals surface area contributed by atoms with Gasteiger partial charge >= 0.3 is 6.03 Å². The van der Waals surface area contributed by atoms with Crippen LogP contribution in [-0.4, -0.2) is 55.0 Å². The van der Waals surface area contributed by atoms with Gasteiger partial charge in [0.1, 0.15) is 0 Å². The van der Waals surface area contributed by atoms with Crippen molar-refractivity contribution in [3.63, 3.8) is 0 Å². The first-order valence-electron chi connectivity index (χ1n) is 4.53. The van der Waals surface area contributed by atoms with Gasteiger partial charge in [-0.25, -0.2) is 4.79 Å². The molecule has 0 aliphatic carbocycles. The minimum absolute atomic E-state index is 0.0305. The Balaban J connectivity index is 2.22. The van der Waals surface area contributed by atoms with Crippen molar-refractivity contribution in [1.82, 2.24) is 9.80 Å². The van der Waals surface area contributed by atoms with E-state index >= 15 is 0 Å². The lowest BCUT2D eigenvalue weighted by molar-refractivity contribution is -0.129. The number of carbonyl (C=O) groups is 2. The van der Waals surface area contributed by atoms with Crippen LogP contribution in [0.4, 0.5) is 4.79 Å². The molecule has 1 fully saturated rings. The third kappa shape index (κ3) is 2.35. The van der Waals surface area contributed by atoms with E-state index in [-0.39, 0.29) is 12.5 Å². The van der Waals surface area contributed by atoms with Crippen molar-refractivity contribution < 1.29 is 9.59 Å². The first kappa shape index (κ1) is 10.8. The van der Waals surface area contributed by atoms with E-state index in [1.165, 1.54) is 0 Å². The molecule has 0 radical (unpaired) electrons. The summed E-state index contributed by atoms with van der Waals surface area (Å²) >= 11 is 0. The standard InChI is InChI=1S/C8H16N4O2/c1-11(7(13)2-9)3-6-4-12(5-6)8(10)14/h6H,2-5,9H2,1H3,(H2,10,14). The molecular weight excluding hydrogens is 184 g/mol. The van der Waals surface area contributed by atoms with E-state index in [4.69, 9.17) is 11.5 Å². The zero-order valence-corrected chi connectivity index (χ0v) is 8.27. The molecule has 0 bridgehead atoms. The summed E-state index contributed by atoms with van der Waals surface area (Å²) in [5, 5.41) is 0.